The fourth-order valence-electron chi connectivity index (χ4n) is 3.91. The van der Waals surface area contributed by atoms with Gasteiger partial charge in [0, 0.05) is 22.3 Å². The molecule has 188 valence electrons. The van der Waals surface area contributed by atoms with E-state index in [0.29, 0.717) is 27.7 Å². The van der Waals surface area contributed by atoms with Gasteiger partial charge < -0.3 is 10.1 Å². The lowest BCUT2D eigenvalue weighted by molar-refractivity contribution is -0.113. The van der Waals surface area contributed by atoms with Crippen LogP contribution in [0.2, 0.25) is 5.02 Å². The zero-order valence-corrected chi connectivity index (χ0v) is 22.0. The summed E-state index contributed by atoms with van der Waals surface area (Å²) in [6, 6.07) is 21.4. The summed E-state index contributed by atoms with van der Waals surface area (Å²) in [6.45, 7) is 0.136. The minimum Gasteiger partial charge on any atom is -0.497 e. The van der Waals surface area contributed by atoms with Crippen molar-refractivity contribution in [2.75, 3.05) is 22.5 Å². The van der Waals surface area contributed by atoms with E-state index in [1.54, 1.807) is 49.6 Å². The average Bonchev–Trinajstić information content (AvgIpc) is 2.90. The van der Waals surface area contributed by atoms with Crippen molar-refractivity contribution in [1.82, 2.24) is 9.97 Å². The number of sulfonamides is 1. The second-order valence-corrected chi connectivity index (χ2v) is 11.3. The van der Waals surface area contributed by atoms with Gasteiger partial charge in [0.2, 0.25) is 5.91 Å². The van der Waals surface area contributed by atoms with Crippen LogP contribution in [0.25, 0.3) is 11.3 Å². The van der Waals surface area contributed by atoms with Gasteiger partial charge in [0.15, 0.2) is 5.16 Å². The van der Waals surface area contributed by atoms with E-state index in [9.17, 15) is 13.2 Å². The Hall–Kier alpha value is -3.60. The van der Waals surface area contributed by atoms with Gasteiger partial charge in [-0.2, -0.15) is 0 Å². The highest BCUT2D eigenvalue weighted by molar-refractivity contribution is 7.99. The first-order valence-corrected chi connectivity index (χ1v) is 14.0. The maximum atomic E-state index is 13.6. The van der Waals surface area contributed by atoms with E-state index in [0.717, 1.165) is 17.3 Å². The molecule has 0 atom stereocenters. The molecule has 8 nitrogen and oxygen atoms in total. The molecule has 5 rings (SSSR count). The molecule has 1 aliphatic heterocycles. The molecule has 0 aliphatic carbocycles. The van der Waals surface area contributed by atoms with E-state index in [2.05, 4.69) is 15.3 Å². The molecule has 0 saturated heterocycles. The molecule has 1 aromatic heterocycles. The fourth-order valence-corrected chi connectivity index (χ4v) is 6.25. The summed E-state index contributed by atoms with van der Waals surface area (Å²) in [6.07, 6.45) is 1.30. The van der Waals surface area contributed by atoms with E-state index in [1.165, 1.54) is 10.5 Å². The number of hydrogen-bond donors (Lipinski definition) is 1. The maximum Gasteiger partial charge on any atom is 0.268 e. The molecule has 0 unspecified atom stereocenters. The summed E-state index contributed by atoms with van der Waals surface area (Å²) in [7, 11) is -2.40. The molecule has 1 aliphatic rings. The van der Waals surface area contributed by atoms with Crippen molar-refractivity contribution in [3.8, 4) is 17.0 Å². The Bertz CT molecular complexity index is 1580. The quantitative estimate of drug-likeness (QED) is 0.247. The molecule has 3 aromatic carbocycles. The van der Waals surface area contributed by atoms with Crippen LogP contribution in [0.1, 0.15) is 5.56 Å². The van der Waals surface area contributed by atoms with E-state index in [-0.39, 0.29) is 34.0 Å². The number of ether oxygens (including phenoxy) is 1. The maximum absolute atomic E-state index is 13.6. The molecular weight excluding hydrogens is 532 g/mol. The van der Waals surface area contributed by atoms with Gasteiger partial charge in [-0.3, -0.25) is 9.10 Å². The van der Waals surface area contributed by atoms with Gasteiger partial charge in [0.1, 0.15) is 10.6 Å². The van der Waals surface area contributed by atoms with Crippen molar-refractivity contribution >= 4 is 50.7 Å². The molecule has 0 saturated carbocycles. The molecule has 2 heterocycles. The molecule has 4 aromatic rings. The number of carbonyl (C=O) groups excluding carboxylic acids is 1. The molecule has 1 amide bonds. The zero-order valence-electron chi connectivity index (χ0n) is 19.6. The third-order valence-corrected chi connectivity index (χ3v) is 8.50. The number of methoxy groups -OCH3 is 1. The highest BCUT2D eigenvalue weighted by Gasteiger charge is 2.37. The number of thioether (sulfide) groups is 1. The minimum absolute atomic E-state index is 0.00318. The lowest BCUT2D eigenvalue weighted by Crippen LogP contribution is -2.34. The molecule has 11 heteroatoms. The summed E-state index contributed by atoms with van der Waals surface area (Å²) in [5, 5.41) is 3.50. The highest BCUT2D eigenvalue weighted by atomic mass is 35.5. The molecule has 0 bridgehead atoms. The number of carbonyl (C=O) groups is 1. The Labute approximate surface area is 223 Å². The SMILES string of the molecule is COc1cccc(NC(=O)CSc2ncc3c(n2)-c2ccc(Cl)cc2N(Cc2ccccc2)S3(=O)=O)c1. The standard InChI is InChI=1S/C26H21ClN4O4S2/c1-35-20-9-5-8-19(13-20)29-24(32)16-36-26-28-14-23-25(30-26)21-11-10-18(27)12-22(21)31(37(23,33)34)15-17-6-3-2-4-7-17/h2-14H,15-16H2,1H3,(H,29,32). The number of rotatable bonds is 7. The summed E-state index contributed by atoms with van der Waals surface area (Å²) in [5.74, 6) is 0.411. The van der Waals surface area contributed by atoms with Crippen LogP contribution >= 0.6 is 23.4 Å². The second-order valence-electron chi connectivity index (χ2n) is 8.09. The third kappa shape index (κ3) is 5.27. The van der Waals surface area contributed by atoms with Crippen molar-refractivity contribution in [3.63, 3.8) is 0 Å². The minimum atomic E-state index is -3.96. The Morgan fingerprint density at radius 1 is 1.08 bits per heavy atom. The van der Waals surface area contributed by atoms with Crippen LogP contribution < -0.4 is 14.4 Å². The molecule has 37 heavy (non-hydrogen) atoms. The Kier molecular flexibility index (Phi) is 7.05. The van der Waals surface area contributed by atoms with Crippen molar-refractivity contribution in [2.45, 2.75) is 16.6 Å². The molecule has 1 N–H and O–H groups in total. The number of halogens is 1. The van der Waals surface area contributed by atoms with Gasteiger partial charge >= 0.3 is 0 Å². The van der Waals surface area contributed by atoms with Crippen LogP contribution in [0.4, 0.5) is 11.4 Å². The van der Waals surface area contributed by atoms with Crippen molar-refractivity contribution in [2.24, 2.45) is 0 Å². The number of nitrogens with zero attached hydrogens (tertiary/aromatic N) is 3. The number of anilines is 2. The summed E-state index contributed by atoms with van der Waals surface area (Å²) in [4.78, 5) is 21.3. The van der Waals surface area contributed by atoms with Gasteiger partial charge in [-0.15, -0.1) is 0 Å². The number of fused-ring (bicyclic) bond motifs is 3. The Balaban J connectivity index is 1.42. The predicted molar refractivity (Wildman–Crippen MR) is 145 cm³/mol. The van der Waals surface area contributed by atoms with Gasteiger partial charge in [-0.1, -0.05) is 59.8 Å². The normalized spacial score (nSPS) is 13.4. The van der Waals surface area contributed by atoms with Crippen LogP contribution in [0, 0.1) is 0 Å². The summed E-state index contributed by atoms with van der Waals surface area (Å²) < 4.78 is 33.8. The van der Waals surface area contributed by atoms with Crippen molar-refractivity contribution in [1.29, 1.82) is 0 Å². The third-order valence-electron chi connectivity index (χ3n) is 5.64. The lowest BCUT2D eigenvalue weighted by atomic mass is 10.1. The Morgan fingerprint density at radius 2 is 1.89 bits per heavy atom. The first-order chi connectivity index (χ1) is 17.8. The van der Waals surface area contributed by atoms with Gasteiger partial charge in [0.25, 0.3) is 10.0 Å². The second kappa shape index (κ2) is 10.4. The van der Waals surface area contributed by atoms with E-state index < -0.39 is 10.0 Å². The van der Waals surface area contributed by atoms with E-state index >= 15 is 0 Å². The fraction of sp³-hybridized carbons (Fsp3) is 0.115. The predicted octanol–water partition coefficient (Wildman–Crippen LogP) is 5.25. The molecular formula is C26H21ClN4O4S2. The van der Waals surface area contributed by atoms with Gasteiger partial charge in [-0.25, -0.2) is 18.4 Å². The Morgan fingerprint density at radius 3 is 2.68 bits per heavy atom. The molecule has 0 fully saturated rings. The largest absolute Gasteiger partial charge is 0.497 e. The molecule has 0 spiro atoms. The summed E-state index contributed by atoms with van der Waals surface area (Å²) in [5.41, 5.74) is 2.77. The monoisotopic (exact) mass is 552 g/mol. The van der Waals surface area contributed by atoms with Crippen molar-refractivity contribution < 1.29 is 17.9 Å². The number of hydrogen-bond acceptors (Lipinski definition) is 7. The van der Waals surface area contributed by atoms with E-state index in [4.69, 9.17) is 16.3 Å². The highest BCUT2D eigenvalue weighted by Crippen LogP contribution is 2.44. The topological polar surface area (TPSA) is 101 Å². The average molecular weight is 553 g/mol. The first-order valence-electron chi connectivity index (χ1n) is 11.2. The summed E-state index contributed by atoms with van der Waals surface area (Å²) >= 11 is 7.37. The number of nitrogens with one attached hydrogen (secondary N) is 1. The molecule has 0 radical (unpaired) electrons. The van der Waals surface area contributed by atoms with E-state index in [1.807, 2.05) is 30.3 Å². The number of amides is 1. The van der Waals surface area contributed by atoms with Gasteiger partial charge in [-0.05, 0) is 35.9 Å². The first kappa shape index (κ1) is 25.1. The van der Waals surface area contributed by atoms with Gasteiger partial charge in [0.05, 0.1) is 37.0 Å². The lowest BCUT2D eigenvalue weighted by Gasteiger charge is -2.31. The number of aromatic nitrogens is 2. The number of benzene rings is 3. The van der Waals surface area contributed by atoms with Crippen molar-refractivity contribution in [3.05, 3.63) is 89.6 Å². The zero-order chi connectivity index (χ0) is 26.0. The van der Waals surface area contributed by atoms with Crippen LogP contribution in [0.5, 0.6) is 5.75 Å². The van der Waals surface area contributed by atoms with Crippen LogP contribution in [-0.4, -0.2) is 37.2 Å². The van der Waals surface area contributed by atoms with Crippen LogP contribution in [-0.2, 0) is 21.4 Å². The van der Waals surface area contributed by atoms with Crippen LogP contribution in [0.15, 0.2) is 89.0 Å². The smallest absolute Gasteiger partial charge is 0.268 e. The van der Waals surface area contributed by atoms with Crippen LogP contribution in [0.3, 0.4) is 0 Å².